The van der Waals surface area contributed by atoms with Gasteiger partial charge in [0.15, 0.2) is 5.76 Å². The number of pyridine rings is 1. The number of carbonyl (C=O) groups excluding carboxylic acids is 1. The Morgan fingerprint density at radius 1 is 0.920 bits per heavy atom. The second kappa shape index (κ2) is 6.49. The zero-order chi connectivity index (χ0) is 17.1. The molecule has 2 aromatic carbocycles. The van der Waals surface area contributed by atoms with Crippen molar-refractivity contribution >= 4 is 34.0 Å². The molecule has 2 heterocycles. The first kappa shape index (κ1) is 15.0. The molecule has 0 fully saturated rings. The van der Waals surface area contributed by atoms with Crippen LogP contribution in [0.1, 0.15) is 10.6 Å². The van der Waals surface area contributed by atoms with E-state index in [-0.39, 0.29) is 11.7 Å². The molecule has 0 spiro atoms. The van der Waals surface area contributed by atoms with E-state index in [0.29, 0.717) is 11.5 Å². The third-order valence-electron chi connectivity index (χ3n) is 3.76. The summed E-state index contributed by atoms with van der Waals surface area (Å²) >= 11 is 0. The van der Waals surface area contributed by atoms with Gasteiger partial charge in [-0.25, -0.2) is 4.98 Å². The Labute approximate surface area is 144 Å². The lowest BCUT2D eigenvalue weighted by molar-refractivity contribution is 0.0997. The van der Waals surface area contributed by atoms with Gasteiger partial charge in [0.05, 0.1) is 17.5 Å². The monoisotopic (exact) mass is 329 g/mol. The van der Waals surface area contributed by atoms with Crippen LogP contribution >= 0.6 is 0 Å². The summed E-state index contributed by atoms with van der Waals surface area (Å²) in [6.45, 7) is 0. The van der Waals surface area contributed by atoms with E-state index in [2.05, 4.69) is 15.6 Å². The normalized spacial score (nSPS) is 10.6. The van der Waals surface area contributed by atoms with Gasteiger partial charge in [-0.1, -0.05) is 36.4 Å². The van der Waals surface area contributed by atoms with Gasteiger partial charge in [0.2, 0.25) is 0 Å². The molecule has 5 nitrogen and oxygen atoms in total. The minimum atomic E-state index is -0.299. The third-order valence-corrected chi connectivity index (χ3v) is 3.76. The highest BCUT2D eigenvalue weighted by molar-refractivity contribution is 6.07. The number of fused-ring (bicyclic) bond motifs is 1. The molecule has 2 aromatic heterocycles. The fourth-order valence-electron chi connectivity index (χ4n) is 2.60. The first-order valence-corrected chi connectivity index (χ1v) is 7.86. The number of nitrogens with zero attached hydrogens (tertiary/aromatic N) is 1. The van der Waals surface area contributed by atoms with Crippen LogP contribution in [-0.4, -0.2) is 10.9 Å². The summed E-state index contributed by atoms with van der Waals surface area (Å²) in [4.78, 5) is 17.0. The molecular weight excluding hydrogens is 314 g/mol. The van der Waals surface area contributed by atoms with Crippen molar-refractivity contribution < 1.29 is 9.21 Å². The van der Waals surface area contributed by atoms with Crippen LogP contribution in [0.4, 0.5) is 17.2 Å². The second-order valence-electron chi connectivity index (χ2n) is 5.49. The molecule has 5 heteroatoms. The SMILES string of the molecule is O=C(Nc1cc(Nc2ccccc2)nc2ccccc12)c1ccco1. The number of carbonyl (C=O) groups is 1. The van der Waals surface area contributed by atoms with Crippen molar-refractivity contribution in [1.82, 2.24) is 4.98 Å². The molecule has 0 aliphatic rings. The number of benzene rings is 2. The van der Waals surface area contributed by atoms with Gasteiger partial charge >= 0.3 is 0 Å². The first-order chi connectivity index (χ1) is 12.3. The first-order valence-electron chi connectivity index (χ1n) is 7.86. The zero-order valence-electron chi connectivity index (χ0n) is 13.3. The fraction of sp³-hybridized carbons (Fsp3) is 0. The maximum atomic E-state index is 12.3. The Bertz CT molecular complexity index is 1010. The van der Waals surface area contributed by atoms with Crippen molar-refractivity contribution in [2.75, 3.05) is 10.6 Å². The summed E-state index contributed by atoms with van der Waals surface area (Å²) < 4.78 is 5.16. The van der Waals surface area contributed by atoms with Crippen LogP contribution in [0.3, 0.4) is 0 Å². The van der Waals surface area contributed by atoms with E-state index in [9.17, 15) is 4.79 Å². The summed E-state index contributed by atoms with van der Waals surface area (Å²) in [5.41, 5.74) is 2.39. The van der Waals surface area contributed by atoms with E-state index in [4.69, 9.17) is 4.42 Å². The number of amides is 1. The van der Waals surface area contributed by atoms with Crippen molar-refractivity contribution in [3.05, 3.63) is 84.8 Å². The number of aromatic nitrogens is 1. The predicted octanol–water partition coefficient (Wildman–Crippen LogP) is 4.82. The van der Waals surface area contributed by atoms with Crippen LogP contribution in [0, 0.1) is 0 Å². The molecule has 0 bridgehead atoms. The molecule has 1 amide bonds. The molecule has 4 rings (SSSR count). The Kier molecular flexibility index (Phi) is 3.88. The average molecular weight is 329 g/mol. The molecule has 0 saturated heterocycles. The molecule has 0 aliphatic carbocycles. The Morgan fingerprint density at radius 2 is 1.72 bits per heavy atom. The van der Waals surface area contributed by atoms with Gasteiger partial charge in [0.1, 0.15) is 5.82 Å². The fourth-order valence-corrected chi connectivity index (χ4v) is 2.60. The van der Waals surface area contributed by atoms with E-state index in [1.54, 1.807) is 12.1 Å². The zero-order valence-corrected chi connectivity index (χ0v) is 13.3. The van der Waals surface area contributed by atoms with Gasteiger partial charge in [-0.15, -0.1) is 0 Å². The molecule has 25 heavy (non-hydrogen) atoms. The van der Waals surface area contributed by atoms with Crippen molar-refractivity contribution in [2.45, 2.75) is 0 Å². The van der Waals surface area contributed by atoms with Gasteiger partial charge in [-0.05, 0) is 30.3 Å². The minimum absolute atomic E-state index is 0.262. The average Bonchev–Trinajstić information content (AvgIpc) is 3.17. The number of hydrogen-bond donors (Lipinski definition) is 2. The maximum absolute atomic E-state index is 12.3. The summed E-state index contributed by atoms with van der Waals surface area (Å²) in [6.07, 6.45) is 1.47. The summed E-state index contributed by atoms with van der Waals surface area (Å²) in [7, 11) is 0. The van der Waals surface area contributed by atoms with Crippen molar-refractivity contribution in [3.63, 3.8) is 0 Å². The molecule has 0 saturated carbocycles. The molecule has 122 valence electrons. The van der Waals surface area contributed by atoms with Crippen LogP contribution in [-0.2, 0) is 0 Å². The van der Waals surface area contributed by atoms with Crippen LogP contribution < -0.4 is 10.6 Å². The minimum Gasteiger partial charge on any atom is -0.459 e. The van der Waals surface area contributed by atoms with E-state index < -0.39 is 0 Å². The van der Waals surface area contributed by atoms with Crippen molar-refractivity contribution in [3.8, 4) is 0 Å². The number of anilines is 3. The number of rotatable bonds is 4. The number of hydrogen-bond acceptors (Lipinski definition) is 4. The number of nitrogens with one attached hydrogen (secondary N) is 2. The van der Waals surface area contributed by atoms with Crippen LogP contribution in [0.15, 0.2) is 83.5 Å². The second-order valence-corrected chi connectivity index (χ2v) is 5.49. The molecule has 0 radical (unpaired) electrons. The van der Waals surface area contributed by atoms with Gasteiger partial charge in [0.25, 0.3) is 5.91 Å². The maximum Gasteiger partial charge on any atom is 0.291 e. The Balaban J connectivity index is 1.72. The molecule has 0 atom stereocenters. The van der Waals surface area contributed by atoms with E-state index in [1.165, 1.54) is 6.26 Å². The highest BCUT2D eigenvalue weighted by atomic mass is 16.3. The van der Waals surface area contributed by atoms with E-state index >= 15 is 0 Å². The molecular formula is C20H15N3O2. The van der Waals surface area contributed by atoms with Crippen LogP contribution in [0.2, 0.25) is 0 Å². The molecule has 0 aliphatic heterocycles. The lowest BCUT2D eigenvalue weighted by Gasteiger charge is -2.12. The standard InChI is InChI=1S/C20H15N3O2/c24-20(18-11-6-12-25-18)23-17-13-19(21-14-7-2-1-3-8-14)22-16-10-5-4-9-15(16)17/h1-13H,(H2,21,22,23,24). The van der Waals surface area contributed by atoms with E-state index in [0.717, 1.165) is 16.6 Å². The van der Waals surface area contributed by atoms with Gasteiger partial charge in [0, 0.05) is 17.1 Å². The van der Waals surface area contributed by atoms with Crippen LogP contribution in [0.25, 0.3) is 10.9 Å². The van der Waals surface area contributed by atoms with Gasteiger partial charge in [-0.2, -0.15) is 0 Å². The third kappa shape index (κ3) is 3.21. The molecule has 2 N–H and O–H groups in total. The predicted molar refractivity (Wildman–Crippen MR) is 98.1 cm³/mol. The van der Waals surface area contributed by atoms with E-state index in [1.807, 2.05) is 60.7 Å². The van der Waals surface area contributed by atoms with Crippen molar-refractivity contribution in [2.24, 2.45) is 0 Å². The lowest BCUT2D eigenvalue weighted by atomic mass is 10.1. The lowest BCUT2D eigenvalue weighted by Crippen LogP contribution is -2.11. The number of furan rings is 1. The van der Waals surface area contributed by atoms with Crippen LogP contribution in [0.5, 0.6) is 0 Å². The Hall–Kier alpha value is -3.60. The highest BCUT2D eigenvalue weighted by Crippen LogP contribution is 2.27. The summed E-state index contributed by atoms with van der Waals surface area (Å²) in [6, 6.07) is 22.5. The van der Waals surface area contributed by atoms with Gasteiger partial charge < -0.3 is 15.1 Å². The Morgan fingerprint density at radius 3 is 2.52 bits per heavy atom. The quantitative estimate of drug-likeness (QED) is 0.563. The summed E-state index contributed by atoms with van der Waals surface area (Å²) in [5.74, 6) is 0.616. The molecule has 4 aromatic rings. The molecule has 0 unspecified atom stereocenters. The van der Waals surface area contributed by atoms with Crippen molar-refractivity contribution in [1.29, 1.82) is 0 Å². The smallest absolute Gasteiger partial charge is 0.291 e. The highest BCUT2D eigenvalue weighted by Gasteiger charge is 2.12. The number of para-hydroxylation sites is 2. The topological polar surface area (TPSA) is 67.2 Å². The summed E-state index contributed by atoms with van der Waals surface area (Å²) in [5, 5.41) is 7.02. The van der Waals surface area contributed by atoms with Gasteiger partial charge in [-0.3, -0.25) is 4.79 Å². The largest absolute Gasteiger partial charge is 0.459 e.